The minimum Gasteiger partial charge on any atom is -0.392 e. The summed E-state index contributed by atoms with van der Waals surface area (Å²) < 4.78 is 13.2. The molecule has 5 rings (SSSR count). The van der Waals surface area contributed by atoms with Gasteiger partial charge in [-0.3, -0.25) is 4.90 Å². The summed E-state index contributed by atoms with van der Waals surface area (Å²) in [5.74, 6) is 0. The number of anilines is 1. The molecule has 1 heterocycles. The van der Waals surface area contributed by atoms with Gasteiger partial charge in [0.05, 0.1) is 18.8 Å². The minimum absolute atomic E-state index is 0.00472. The Hall–Kier alpha value is -4.01. The highest BCUT2D eigenvalue weighted by atomic mass is 16.7. The van der Waals surface area contributed by atoms with Crippen molar-refractivity contribution in [3.05, 3.63) is 137 Å². The average molecular weight is 566 g/mol. The van der Waals surface area contributed by atoms with E-state index >= 15 is 0 Å². The van der Waals surface area contributed by atoms with Gasteiger partial charge in [-0.2, -0.15) is 0 Å². The van der Waals surface area contributed by atoms with Gasteiger partial charge >= 0.3 is 6.03 Å². The molecular formula is C35H39N3O4. The number of nitrogens with one attached hydrogen (secondary N) is 2. The third-order valence-corrected chi connectivity index (χ3v) is 7.35. The zero-order chi connectivity index (χ0) is 29.1. The van der Waals surface area contributed by atoms with Gasteiger partial charge in [0, 0.05) is 43.9 Å². The van der Waals surface area contributed by atoms with Crippen molar-refractivity contribution >= 4 is 11.7 Å². The zero-order valence-corrected chi connectivity index (χ0v) is 24.0. The van der Waals surface area contributed by atoms with E-state index in [9.17, 15) is 9.90 Å². The third-order valence-electron chi connectivity index (χ3n) is 7.35. The second-order valence-electron chi connectivity index (χ2n) is 10.6. The van der Waals surface area contributed by atoms with Crippen molar-refractivity contribution in [3.63, 3.8) is 0 Å². The summed E-state index contributed by atoms with van der Waals surface area (Å²) in [6.45, 7) is 4.78. The average Bonchev–Trinajstić information content (AvgIpc) is 3.02. The number of rotatable bonds is 11. The third kappa shape index (κ3) is 8.27. The summed E-state index contributed by atoms with van der Waals surface area (Å²) in [5.41, 5.74) is 6.01. The van der Waals surface area contributed by atoms with Gasteiger partial charge in [-0.1, -0.05) is 97.1 Å². The number of aliphatic hydroxyl groups is 1. The van der Waals surface area contributed by atoms with Crippen LogP contribution in [0, 0.1) is 0 Å². The largest absolute Gasteiger partial charge is 0.392 e. The van der Waals surface area contributed by atoms with E-state index in [0.29, 0.717) is 18.7 Å². The number of amides is 2. The molecule has 4 aromatic rings. The lowest BCUT2D eigenvalue weighted by Crippen LogP contribution is -2.39. The topological polar surface area (TPSA) is 83.1 Å². The molecule has 3 atom stereocenters. The molecule has 3 unspecified atom stereocenters. The van der Waals surface area contributed by atoms with Gasteiger partial charge in [0.2, 0.25) is 0 Å². The van der Waals surface area contributed by atoms with Crippen molar-refractivity contribution < 1.29 is 19.4 Å². The molecule has 1 saturated heterocycles. The van der Waals surface area contributed by atoms with Crippen LogP contribution in [0.4, 0.5) is 10.5 Å². The molecule has 218 valence electrons. The number of carbonyl (C=O) groups excluding carboxylic acids is 1. The van der Waals surface area contributed by atoms with E-state index in [4.69, 9.17) is 9.47 Å². The predicted octanol–water partition coefficient (Wildman–Crippen LogP) is 6.57. The summed E-state index contributed by atoms with van der Waals surface area (Å²) in [6, 6.07) is 36.3. The van der Waals surface area contributed by atoms with Crippen LogP contribution in [0.25, 0.3) is 0 Å². The maximum Gasteiger partial charge on any atom is 0.319 e. The standard InChI is InChI=1S/C35H39N3O4/c1-2-36-35(40)37-31-19-17-30(18-20-31)34-41-32(21-33(42-34)29-15-13-28(25-39)14-16-29)24-38(22-26-9-5-3-6-10-26)23-27-11-7-4-8-12-27/h3-20,32-34,39H,2,21-25H2,1H3,(H2,36,37,40). The van der Waals surface area contributed by atoms with Gasteiger partial charge in [-0.05, 0) is 41.3 Å². The number of nitrogens with zero attached hydrogens (tertiary/aromatic N) is 1. The first-order valence-electron chi connectivity index (χ1n) is 14.5. The normalized spacial score (nSPS) is 18.5. The second-order valence-corrected chi connectivity index (χ2v) is 10.6. The van der Waals surface area contributed by atoms with E-state index in [0.717, 1.165) is 36.3 Å². The maximum atomic E-state index is 12.0. The molecule has 0 aromatic heterocycles. The monoisotopic (exact) mass is 565 g/mol. The molecule has 4 aromatic carbocycles. The lowest BCUT2D eigenvalue weighted by Gasteiger charge is -2.38. The number of ether oxygens (including phenoxy) is 2. The van der Waals surface area contributed by atoms with Crippen LogP contribution >= 0.6 is 0 Å². The number of benzene rings is 4. The summed E-state index contributed by atoms with van der Waals surface area (Å²) in [7, 11) is 0. The Labute approximate surface area is 248 Å². The van der Waals surface area contributed by atoms with Crippen molar-refractivity contribution in [2.45, 2.75) is 51.5 Å². The van der Waals surface area contributed by atoms with Gasteiger partial charge in [0.15, 0.2) is 6.29 Å². The molecule has 0 radical (unpaired) electrons. The van der Waals surface area contributed by atoms with Gasteiger partial charge in [-0.25, -0.2) is 4.79 Å². The van der Waals surface area contributed by atoms with E-state index in [1.165, 1.54) is 11.1 Å². The quantitative estimate of drug-likeness (QED) is 0.192. The number of aliphatic hydroxyl groups excluding tert-OH is 1. The smallest absolute Gasteiger partial charge is 0.319 e. The lowest BCUT2D eigenvalue weighted by atomic mass is 9.99. The Morgan fingerprint density at radius 3 is 1.95 bits per heavy atom. The second kappa shape index (κ2) is 14.8. The van der Waals surface area contributed by atoms with E-state index < -0.39 is 6.29 Å². The first-order chi connectivity index (χ1) is 20.6. The van der Waals surface area contributed by atoms with Gasteiger partial charge < -0.3 is 25.2 Å². The summed E-state index contributed by atoms with van der Waals surface area (Å²) in [4.78, 5) is 14.4. The van der Waals surface area contributed by atoms with E-state index in [2.05, 4.69) is 64.1 Å². The SMILES string of the molecule is CCNC(=O)Nc1ccc(C2OC(CN(Cc3ccccc3)Cc3ccccc3)CC(c3ccc(CO)cc3)O2)cc1. The lowest BCUT2D eigenvalue weighted by molar-refractivity contribution is -0.253. The van der Waals surface area contributed by atoms with Crippen molar-refractivity contribution in [1.82, 2.24) is 10.2 Å². The molecule has 0 aliphatic carbocycles. The van der Waals surface area contributed by atoms with Crippen LogP contribution in [-0.2, 0) is 29.2 Å². The Morgan fingerprint density at radius 1 is 0.786 bits per heavy atom. The van der Waals surface area contributed by atoms with Crippen molar-refractivity contribution in [1.29, 1.82) is 0 Å². The summed E-state index contributed by atoms with van der Waals surface area (Å²) in [5, 5.41) is 15.1. The number of carbonyl (C=O) groups is 1. The molecule has 0 spiro atoms. The zero-order valence-electron chi connectivity index (χ0n) is 24.0. The molecular weight excluding hydrogens is 526 g/mol. The van der Waals surface area contributed by atoms with E-state index in [1.54, 1.807) is 0 Å². The summed E-state index contributed by atoms with van der Waals surface area (Å²) in [6.07, 6.45) is -0.136. The maximum absolute atomic E-state index is 12.0. The van der Waals surface area contributed by atoms with Crippen molar-refractivity contribution in [3.8, 4) is 0 Å². The first-order valence-corrected chi connectivity index (χ1v) is 14.5. The molecule has 42 heavy (non-hydrogen) atoms. The minimum atomic E-state index is -0.569. The molecule has 1 fully saturated rings. The Bertz CT molecular complexity index is 1340. The van der Waals surface area contributed by atoms with Crippen molar-refractivity contribution in [2.24, 2.45) is 0 Å². The van der Waals surface area contributed by atoms with E-state index in [1.807, 2.05) is 67.6 Å². The molecule has 7 nitrogen and oxygen atoms in total. The molecule has 1 aliphatic heterocycles. The first kappa shape index (κ1) is 29.5. The fraction of sp³-hybridized carbons (Fsp3) is 0.286. The van der Waals surface area contributed by atoms with Crippen LogP contribution in [0.5, 0.6) is 0 Å². The predicted molar refractivity (Wildman–Crippen MR) is 165 cm³/mol. The number of hydrogen-bond donors (Lipinski definition) is 3. The highest BCUT2D eigenvalue weighted by Gasteiger charge is 2.33. The van der Waals surface area contributed by atoms with Gasteiger partial charge in [-0.15, -0.1) is 0 Å². The van der Waals surface area contributed by atoms with Crippen LogP contribution in [0.1, 0.15) is 53.6 Å². The highest BCUT2D eigenvalue weighted by Crippen LogP contribution is 2.38. The number of urea groups is 1. The Balaban J connectivity index is 1.37. The van der Waals surface area contributed by atoms with Crippen LogP contribution in [0.3, 0.4) is 0 Å². The molecule has 0 saturated carbocycles. The van der Waals surface area contributed by atoms with Crippen LogP contribution in [-0.4, -0.2) is 35.2 Å². The fourth-order valence-corrected chi connectivity index (χ4v) is 5.25. The fourth-order valence-electron chi connectivity index (χ4n) is 5.25. The van der Waals surface area contributed by atoms with Crippen molar-refractivity contribution in [2.75, 3.05) is 18.4 Å². The van der Waals surface area contributed by atoms with Crippen LogP contribution in [0.15, 0.2) is 109 Å². The van der Waals surface area contributed by atoms with Gasteiger partial charge in [0.25, 0.3) is 0 Å². The molecule has 3 N–H and O–H groups in total. The van der Waals surface area contributed by atoms with Gasteiger partial charge in [0.1, 0.15) is 0 Å². The highest BCUT2D eigenvalue weighted by molar-refractivity contribution is 5.89. The van der Waals surface area contributed by atoms with Crippen LogP contribution in [0.2, 0.25) is 0 Å². The molecule has 7 heteroatoms. The summed E-state index contributed by atoms with van der Waals surface area (Å²) >= 11 is 0. The van der Waals surface area contributed by atoms with Crippen LogP contribution < -0.4 is 10.6 Å². The number of hydrogen-bond acceptors (Lipinski definition) is 5. The molecule has 2 amide bonds. The molecule has 1 aliphatic rings. The Kier molecular flexibility index (Phi) is 10.4. The molecule has 0 bridgehead atoms. The van der Waals surface area contributed by atoms with E-state index in [-0.39, 0.29) is 24.8 Å². The Morgan fingerprint density at radius 2 is 1.38 bits per heavy atom.